The van der Waals surface area contributed by atoms with E-state index < -0.39 is 5.88 Å². The summed E-state index contributed by atoms with van der Waals surface area (Å²) in [5, 5.41) is 24.7. The Morgan fingerprint density at radius 3 is 2.50 bits per heavy atom. The molecule has 0 saturated carbocycles. The van der Waals surface area contributed by atoms with Crippen molar-refractivity contribution >= 4 is 0 Å². The molecular formula is C4H3N2O2. The minimum atomic E-state index is -0.442. The summed E-state index contributed by atoms with van der Waals surface area (Å²) in [5.41, 5.74) is 0. The molecule has 0 amide bonds. The van der Waals surface area contributed by atoms with E-state index in [0.29, 0.717) is 0 Å². The van der Waals surface area contributed by atoms with Crippen molar-refractivity contribution in [2.75, 3.05) is 0 Å². The van der Waals surface area contributed by atoms with Gasteiger partial charge in [-0.1, -0.05) is 0 Å². The van der Waals surface area contributed by atoms with E-state index in [1.165, 1.54) is 6.07 Å². The third kappa shape index (κ3) is 0.841. The molecule has 4 heteroatoms. The van der Waals surface area contributed by atoms with Crippen LogP contribution >= 0.6 is 0 Å². The Bertz CT molecular complexity index is 151. The topological polar surface area (TPSA) is 65.9 Å². The molecule has 1 heterocycles. The Morgan fingerprint density at radius 1 is 1.38 bits per heavy atom. The van der Waals surface area contributed by atoms with Crippen molar-refractivity contribution in [3.05, 3.63) is 12.1 Å². The maximum Gasteiger partial charge on any atom is 0.288 e. The minimum absolute atomic E-state index is 0.232. The number of hydrogen-bond acceptors (Lipinski definition) is 3. The molecule has 0 spiro atoms. The largest absolute Gasteiger partial charge is 0.492 e. The molecule has 1 aromatic rings. The predicted octanol–water partition coefficient (Wildman–Crippen LogP) is 0.326. The van der Waals surface area contributed by atoms with Gasteiger partial charge in [-0.15, -0.1) is 10.2 Å². The fourth-order valence-corrected chi connectivity index (χ4v) is 0.313. The minimum Gasteiger partial charge on any atom is -0.492 e. The highest BCUT2D eigenvalue weighted by molar-refractivity contribution is 5.11. The smallest absolute Gasteiger partial charge is 0.288 e. The molecule has 0 aromatic carbocycles. The lowest BCUT2D eigenvalue weighted by Crippen LogP contribution is -1.77. The van der Waals surface area contributed by atoms with E-state index in [1.54, 1.807) is 0 Å². The lowest BCUT2D eigenvalue weighted by Gasteiger charge is -1.83. The van der Waals surface area contributed by atoms with Crippen LogP contribution in [-0.4, -0.2) is 15.3 Å². The maximum atomic E-state index is 10.1. The molecule has 1 aromatic heterocycles. The van der Waals surface area contributed by atoms with Crippen LogP contribution in [0.15, 0.2) is 12.1 Å². The Morgan fingerprint density at radius 2 is 2.12 bits per heavy atom. The molecule has 1 rings (SSSR count). The zero-order valence-corrected chi connectivity index (χ0v) is 3.90. The summed E-state index contributed by atoms with van der Waals surface area (Å²) in [6.45, 7) is 0. The van der Waals surface area contributed by atoms with E-state index in [-0.39, 0.29) is 5.88 Å². The Balaban J connectivity index is 3.03. The van der Waals surface area contributed by atoms with Gasteiger partial charge >= 0.3 is 0 Å². The summed E-state index contributed by atoms with van der Waals surface area (Å²) in [7, 11) is 0. The van der Waals surface area contributed by atoms with Crippen LogP contribution in [-0.2, 0) is 5.11 Å². The zero-order valence-electron chi connectivity index (χ0n) is 3.90. The average molecular weight is 111 g/mol. The molecule has 8 heavy (non-hydrogen) atoms. The van der Waals surface area contributed by atoms with Gasteiger partial charge in [-0.2, -0.15) is 0 Å². The van der Waals surface area contributed by atoms with E-state index >= 15 is 0 Å². The molecule has 41 valence electrons. The fourth-order valence-electron chi connectivity index (χ4n) is 0.313. The van der Waals surface area contributed by atoms with Crippen LogP contribution in [0.5, 0.6) is 11.8 Å². The monoisotopic (exact) mass is 111 g/mol. The standard InChI is InChI=1S/C4H3N2O2/c7-3-1-2-4(8)6-5-3/h1-2H,(H,5,7). The quantitative estimate of drug-likeness (QED) is 0.524. The van der Waals surface area contributed by atoms with Gasteiger partial charge in [-0.3, -0.25) is 5.11 Å². The van der Waals surface area contributed by atoms with Crippen molar-refractivity contribution in [2.45, 2.75) is 0 Å². The van der Waals surface area contributed by atoms with E-state index in [0.717, 1.165) is 6.07 Å². The van der Waals surface area contributed by atoms with Crippen molar-refractivity contribution < 1.29 is 10.2 Å². The van der Waals surface area contributed by atoms with Crippen LogP contribution < -0.4 is 0 Å². The molecule has 0 aliphatic heterocycles. The first-order chi connectivity index (χ1) is 3.79. The number of hydrogen-bond donors (Lipinski definition) is 1. The predicted molar refractivity (Wildman–Crippen MR) is 23.8 cm³/mol. The molecule has 0 atom stereocenters. The summed E-state index contributed by atoms with van der Waals surface area (Å²) in [6, 6.07) is 2.33. The summed E-state index contributed by atoms with van der Waals surface area (Å²) < 4.78 is 0. The molecule has 0 fully saturated rings. The summed E-state index contributed by atoms with van der Waals surface area (Å²) in [4.78, 5) is 0. The molecule has 1 N–H and O–H groups in total. The number of aromatic hydroxyl groups is 1. The molecule has 0 saturated heterocycles. The van der Waals surface area contributed by atoms with Gasteiger partial charge in [0, 0.05) is 12.1 Å². The van der Waals surface area contributed by atoms with Crippen LogP contribution in [0.4, 0.5) is 0 Å². The lowest BCUT2D eigenvalue weighted by atomic mass is 10.5. The average Bonchev–Trinajstić information content (AvgIpc) is 1.77. The molecule has 0 aliphatic rings. The van der Waals surface area contributed by atoms with Crippen LogP contribution in [0.25, 0.3) is 0 Å². The van der Waals surface area contributed by atoms with E-state index in [1.807, 2.05) is 0 Å². The summed E-state index contributed by atoms with van der Waals surface area (Å²) >= 11 is 0. The maximum absolute atomic E-state index is 10.1. The second kappa shape index (κ2) is 1.65. The summed E-state index contributed by atoms with van der Waals surface area (Å²) in [6.07, 6.45) is 0. The van der Waals surface area contributed by atoms with Crippen molar-refractivity contribution in [2.24, 2.45) is 0 Å². The number of rotatable bonds is 0. The van der Waals surface area contributed by atoms with Gasteiger partial charge in [0.1, 0.15) is 0 Å². The fraction of sp³-hybridized carbons (Fsp3) is 0. The van der Waals surface area contributed by atoms with Crippen molar-refractivity contribution in [3.8, 4) is 11.8 Å². The highest BCUT2D eigenvalue weighted by Crippen LogP contribution is 2.05. The third-order valence-corrected chi connectivity index (χ3v) is 0.626. The van der Waals surface area contributed by atoms with E-state index in [9.17, 15) is 5.11 Å². The third-order valence-electron chi connectivity index (χ3n) is 0.626. The SMILES string of the molecule is [O]c1ccc(O)nn1. The summed E-state index contributed by atoms with van der Waals surface area (Å²) in [5.74, 6) is -0.674. The van der Waals surface area contributed by atoms with Gasteiger partial charge in [-0.05, 0) is 0 Å². The van der Waals surface area contributed by atoms with Crippen molar-refractivity contribution in [1.29, 1.82) is 0 Å². The van der Waals surface area contributed by atoms with Crippen LogP contribution in [0.2, 0.25) is 0 Å². The number of nitrogens with zero attached hydrogens (tertiary/aromatic N) is 2. The normalized spacial score (nSPS) is 9.00. The second-order valence-electron chi connectivity index (χ2n) is 1.23. The highest BCUT2D eigenvalue weighted by atomic mass is 16.3. The first-order valence-corrected chi connectivity index (χ1v) is 1.99. The molecule has 1 radical (unpaired) electrons. The van der Waals surface area contributed by atoms with Gasteiger partial charge in [0.25, 0.3) is 5.88 Å². The van der Waals surface area contributed by atoms with Gasteiger partial charge in [0.15, 0.2) is 0 Å². The lowest BCUT2D eigenvalue weighted by molar-refractivity contribution is 0.326. The second-order valence-corrected chi connectivity index (χ2v) is 1.23. The molecule has 0 bridgehead atoms. The first kappa shape index (κ1) is 4.83. The van der Waals surface area contributed by atoms with Gasteiger partial charge in [0.05, 0.1) is 0 Å². The van der Waals surface area contributed by atoms with Crippen LogP contribution in [0, 0.1) is 0 Å². The molecule has 0 unspecified atom stereocenters. The van der Waals surface area contributed by atoms with Crippen molar-refractivity contribution in [3.63, 3.8) is 0 Å². The Hall–Kier alpha value is -1.32. The zero-order chi connectivity index (χ0) is 5.98. The number of aromatic nitrogens is 2. The van der Waals surface area contributed by atoms with Crippen LogP contribution in [0.1, 0.15) is 0 Å². The first-order valence-electron chi connectivity index (χ1n) is 1.99. The molecular weight excluding hydrogens is 108 g/mol. The Labute approximate surface area is 45.4 Å². The molecule has 0 aliphatic carbocycles. The van der Waals surface area contributed by atoms with Gasteiger partial charge in [0.2, 0.25) is 5.88 Å². The van der Waals surface area contributed by atoms with Crippen LogP contribution in [0.3, 0.4) is 0 Å². The van der Waals surface area contributed by atoms with E-state index in [4.69, 9.17) is 5.11 Å². The van der Waals surface area contributed by atoms with E-state index in [2.05, 4.69) is 10.2 Å². The molecule has 4 nitrogen and oxygen atoms in total. The van der Waals surface area contributed by atoms with Gasteiger partial charge < -0.3 is 5.11 Å². The highest BCUT2D eigenvalue weighted by Gasteiger charge is 1.90. The van der Waals surface area contributed by atoms with Gasteiger partial charge in [-0.25, -0.2) is 0 Å². The van der Waals surface area contributed by atoms with Crippen molar-refractivity contribution in [1.82, 2.24) is 10.2 Å². The Kier molecular flexibility index (Phi) is 0.997.